The summed E-state index contributed by atoms with van der Waals surface area (Å²) in [6.07, 6.45) is 1.27. The number of hydrogen-bond acceptors (Lipinski definition) is 3. The Morgan fingerprint density at radius 1 is 1.50 bits per heavy atom. The lowest BCUT2D eigenvalue weighted by molar-refractivity contribution is -0.121. The average Bonchev–Trinajstić information content (AvgIpc) is 2.65. The lowest BCUT2D eigenvalue weighted by atomic mass is 10.2. The highest BCUT2D eigenvalue weighted by Gasteiger charge is 2.26. The van der Waals surface area contributed by atoms with Crippen molar-refractivity contribution in [2.24, 2.45) is 5.84 Å². The summed E-state index contributed by atoms with van der Waals surface area (Å²) < 4.78 is 0. The van der Waals surface area contributed by atoms with E-state index in [1.165, 1.54) is 0 Å². The quantitative estimate of drug-likeness (QED) is 0.485. The van der Waals surface area contributed by atoms with Crippen LogP contribution < -0.4 is 16.2 Å². The minimum atomic E-state index is -0.229. The van der Waals surface area contributed by atoms with Crippen molar-refractivity contribution in [3.8, 4) is 0 Å². The number of nitrogens with two attached hydrogens (primary N) is 1. The van der Waals surface area contributed by atoms with Crippen LogP contribution in [0.5, 0.6) is 0 Å². The standard InChI is InChI=1S/C12H14ClN3O2/c13-9-4-3-8-6-12(18)16(10(8)7-9)5-1-2-11(17)15-14/h3-4,7H,1-2,5-6,14H2,(H,15,17). The van der Waals surface area contributed by atoms with Crippen LogP contribution in [0, 0.1) is 0 Å². The Labute approximate surface area is 110 Å². The number of amides is 2. The number of hydrogen-bond donors (Lipinski definition) is 2. The molecule has 1 aliphatic heterocycles. The molecule has 3 N–H and O–H groups in total. The van der Waals surface area contributed by atoms with Crippen LogP contribution in [0.25, 0.3) is 0 Å². The van der Waals surface area contributed by atoms with E-state index in [9.17, 15) is 9.59 Å². The van der Waals surface area contributed by atoms with Crippen LogP contribution in [0.1, 0.15) is 18.4 Å². The SMILES string of the molecule is NNC(=O)CCCN1C(=O)Cc2ccc(Cl)cc21. The highest BCUT2D eigenvalue weighted by atomic mass is 35.5. The van der Waals surface area contributed by atoms with Gasteiger partial charge in [-0.1, -0.05) is 17.7 Å². The van der Waals surface area contributed by atoms with Crippen LogP contribution in [0.3, 0.4) is 0 Å². The van der Waals surface area contributed by atoms with E-state index in [0.717, 1.165) is 11.3 Å². The Balaban J connectivity index is 2.04. The van der Waals surface area contributed by atoms with Gasteiger partial charge in [-0.3, -0.25) is 15.0 Å². The Kier molecular flexibility index (Phi) is 3.84. The fourth-order valence-corrected chi connectivity index (χ4v) is 2.21. The van der Waals surface area contributed by atoms with Gasteiger partial charge in [0.1, 0.15) is 0 Å². The van der Waals surface area contributed by atoms with Crippen LogP contribution in [0.15, 0.2) is 18.2 Å². The zero-order chi connectivity index (χ0) is 13.1. The van der Waals surface area contributed by atoms with Crippen molar-refractivity contribution in [2.75, 3.05) is 11.4 Å². The van der Waals surface area contributed by atoms with E-state index < -0.39 is 0 Å². The Hall–Kier alpha value is -1.59. The number of benzene rings is 1. The molecule has 0 radical (unpaired) electrons. The van der Waals surface area contributed by atoms with Gasteiger partial charge in [0.25, 0.3) is 0 Å². The normalized spacial score (nSPS) is 13.7. The summed E-state index contributed by atoms with van der Waals surface area (Å²) in [6, 6.07) is 5.42. The lowest BCUT2D eigenvalue weighted by Gasteiger charge is -2.17. The largest absolute Gasteiger partial charge is 0.312 e. The van der Waals surface area contributed by atoms with Gasteiger partial charge in [-0.2, -0.15) is 0 Å². The zero-order valence-corrected chi connectivity index (χ0v) is 10.5. The number of hydrazine groups is 1. The number of anilines is 1. The summed E-state index contributed by atoms with van der Waals surface area (Å²) in [4.78, 5) is 24.5. The minimum Gasteiger partial charge on any atom is -0.312 e. The third kappa shape index (κ3) is 2.63. The molecule has 96 valence electrons. The molecule has 5 nitrogen and oxygen atoms in total. The second-order valence-corrected chi connectivity index (χ2v) is 4.60. The van der Waals surface area contributed by atoms with E-state index in [1.807, 2.05) is 6.07 Å². The summed E-state index contributed by atoms with van der Waals surface area (Å²) in [5, 5.41) is 0.605. The van der Waals surface area contributed by atoms with Crippen molar-refractivity contribution in [2.45, 2.75) is 19.3 Å². The highest BCUT2D eigenvalue weighted by Crippen LogP contribution is 2.31. The second kappa shape index (κ2) is 5.37. The molecule has 0 unspecified atom stereocenters. The van der Waals surface area contributed by atoms with Gasteiger partial charge in [-0.25, -0.2) is 5.84 Å². The van der Waals surface area contributed by atoms with Gasteiger partial charge in [-0.15, -0.1) is 0 Å². The summed E-state index contributed by atoms with van der Waals surface area (Å²) >= 11 is 5.92. The predicted octanol–water partition coefficient (Wildman–Crippen LogP) is 0.999. The van der Waals surface area contributed by atoms with Crippen LogP contribution in [-0.4, -0.2) is 18.4 Å². The van der Waals surface area contributed by atoms with Crippen molar-refractivity contribution in [3.05, 3.63) is 28.8 Å². The maximum absolute atomic E-state index is 11.8. The van der Waals surface area contributed by atoms with Crippen LogP contribution >= 0.6 is 11.6 Å². The molecule has 1 aromatic rings. The molecule has 0 atom stereocenters. The Morgan fingerprint density at radius 3 is 3.00 bits per heavy atom. The summed E-state index contributed by atoms with van der Waals surface area (Å²) in [5.41, 5.74) is 3.89. The smallest absolute Gasteiger partial charge is 0.233 e. The van der Waals surface area contributed by atoms with Gasteiger partial charge in [0.2, 0.25) is 11.8 Å². The fraction of sp³-hybridized carbons (Fsp3) is 0.333. The molecular weight excluding hydrogens is 254 g/mol. The number of rotatable bonds is 4. The van der Waals surface area contributed by atoms with Crippen molar-refractivity contribution >= 4 is 29.1 Å². The first-order valence-corrected chi connectivity index (χ1v) is 6.08. The van der Waals surface area contributed by atoms with Gasteiger partial charge < -0.3 is 4.90 Å². The maximum atomic E-state index is 11.8. The third-order valence-electron chi connectivity index (χ3n) is 2.93. The molecule has 1 aliphatic rings. The molecule has 0 fully saturated rings. The van der Waals surface area contributed by atoms with E-state index in [0.29, 0.717) is 30.8 Å². The van der Waals surface area contributed by atoms with Crippen LogP contribution in [-0.2, 0) is 16.0 Å². The van der Waals surface area contributed by atoms with Crippen LogP contribution in [0.4, 0.5) is 5.69 Å². The molecule has 6 heteroatoms. The first-order valence-electron chi connectivity index (χ1n) is 5.70. The van der Waals surface area contributed by atoms with Gasteiger partial charge in [0.05, 0.1) is 6.42 Å². The molecule has 0 saturated heterocycles. The monoisotopic (exact) mass is 267 g/mol. The number of carbonyl (C=O) groups is 2. The number of carbonyl (C=O) groups excluding carboxylic acids is 2. The van der Waals surface area contributed by atoms with E-state index in [-0.39, 0.29) is 11.8 Å². The molecule has 0 aliphatic carbocycles. The van der Waals surface area contributed by atoms with Crippen LogP contribution in [0.2, 0.25) is 5.02 Å². The topological polar surface area (TPSA) is 75.4 Å². The minimum absolute atomic E-state index is 0.0421. The molecule has 2 amide bonds. The molecule has 2 rings (SSSR count). The fourth-order valence-electron chi connectivity index (χ4n) is 2.05. The molecule has 1 aromatic carbocycles. The van der Waals surface area contributed by atoms with Gasteiger partial charge in [-0.05, 0) is 24.1 Å². The Morgan fingerprint density at radius 2 is 2.28 bits per heavy atom. The van der Waals surface area contributed by atoms with E-state index in [1.54, 1.807) is 17.0 Å². The van der Waals surface area contributed by atoms with E-state index in [2.05, 4.69) is 5.43 Å². The predicted molar refractivity (Wildman–Crippen MR) is 69.1 cm³/mol. The first-order chi connectivity index (χ1) is 8.61. The molecule has 0 aromatic heterocycles. The third-order valence-corrected chi connectivity index (χ3v) is 3.16. The number of halogens is 1. The molecule has 18 heavy (non-hydrogen) atoms. The lowest BCUT2D eigenvalue weighted by Crippen LogP contribution is -2.32. The van der Waals surface area contributed by atoms with Gasteiger partial charge in [0.15, 0.2) is 0 Å². The summed E-state index contributed by atoms with van der Waals surface area (Å²) in [6.45, 7) is 0.500. The summed E-state index contributed by atoms with van der Waals surface area (Å²) in [5.74, 6) is 4.81. The van der Waals surface area contributed by atoms with E-state index in [4.69, 9.17) is 17.4 Å². The van der Waals surface area contributed by atoms with E-state index >= 15 is 0 Å². The number of nitrogens with one attached hydrogen (secondary N) is 1. The van der Waals surface area contributed by atoms with Crippen molar-refractivity contribution in [1.82, 2.24) is 5.43 Å². The van der Waals surface area contributed by atoms with Gasteiger partial charge >= 0.3 is 0 Å². The maximum Gasteiger partial charge on any atom is 0.233 e. The molecule has 1 heterocycles. The number of nitrogens with zero attached hydrogens (tertiary/aromatic N) is 1. The van der Waals surface area contributed by atoms with Crippen molar-refractivity contribution in [3.63, 3.8) is 0 Å². The zero-order valence-electron chi connectivity index (χ0n) is 9.78. The molecular formula is C12H14ClN3O2. The Bertz CT molecular complexity index is 490. The highest BCUT2D eigenvalue weighted by molar-refractivity contribution is 6.31. The average molecular weight is 268 g/mol. The second-order valence-electron chi connectivity index (χ2n) is 4.17. The molecule has 0 spiro atoms. The van der Waals surface area contributed by atoms with Gasteiger partial charge in [0, 0.05) is 23.7 Å². The number of fused-ring (bicyclic) bond motifs is 1. The first kappa shape index (κ1) is 12.9. The molecule has 0 saturated carbocycles. The van der Waals surface area contributed by atoms with Crippen molar-refractivity contribution < 1.29 is 9.59 Å². The van der Waals surface area contributed by atoms with Crippen molar-refractivity contribution in [1.29, 1.82) is 0 Å². The molecule has 0 bridgehead atoms. The summed E-state index contributed by atoms with van der Waals surface area (Å²) in [7, 11) is 0.